The van der Waals surface area contributed by atoms with Crippen LogP contribution in [0, 0.1) is 6.92 Å². The van der Waals surface area contributed by atoms with Crippen LogP contribution in [0.5, 0.6) is 0 Å². The van der Waals surface area contributed by atoms with Gasteiger partial charge in [0.05, 0.1) is 16.8 Å². The van der Waals surface area contributed by atoms with Crippen LogP contribution in [0.1, 0.15) is 36.1 Å². The summed E-state index contributed by atoms with van der Waals surface area (Å²) in [6, 6.07) is 12.2. The number of hydrogen-bond donors (Lipinski definition) is 1. The van der Waals surface area contributed by atoms with E-state index in [4.69, 9.17) is 0 Å². The SMILES string of the molecule is CC[C@@H](C(=O)NCc1ccc(C)cc1)n1c(=O)n(-c2cccc(C(F)(F)F)c2)c(=O)c2sccc21. The highest BCUT2D eigenvalue weighted by molar-refractivity contribution is 7.17. The summed E-state index contributed by atoms with van der Waals surface area (Å²) in [6.07, 6.45) is -4.42. The molecule has 2 aromatic carbocycles. The number of fused-ring (bicyclic) bond motifs is 1. The first kappa shape index (κ1) is 24.5. The second kappa shape index (κ2) is 9.53. The summed E-state index contributed by atoms with van der Waals surface area (Å²) in [4.78, 5) is 39.8. The molecule has 0 bridgehead atoms. The van der Waals surface area contributed by atoms with Crippen LogP contribution in [-0.4, -0.2) is 15.0 Å². The third kappa shape index (κ3) is 4.79. The molecule has 0 fully saturated rings. The lowest BCUT2D eigenvalue weighted by Gasteiger charge is -2.21. The van der Waals surface area contributed by atoms with E-state index in [2.05, 4.69) is 5.32 Å². The highest BCUT2D eigenvalue weighted by Crippen LogP contribution is 2.30. The van der Waals surface area contributed by atoms with Crippen LogP contribution < -0.4 is 16.6 Å². The van der Waals surface area contributed by atoms with Crippen molar-refractivity contribution in [1.82, 2.24) is 14.5 Å². The molecule has 182 valence electrons. The Hall–Kier alpha value is -3.66. The highest BCUT2D eigenvalue weighted by Gasteiger charge is 2.31. The van der Waals surface area contributed by atoms with Gasteiger partial charge in [0.2, 0.25) is 5.91 Å². The van der Waals surface area contributed by atoms with Gasteiger partial charge < -0.3 is 5.32 Å². The minimum absolute atomic E-state index is 0.173. The van der Waals surface area contributed by atoms with E-state index < -0.39 is 34.9 Å². The maximum atomic E-state index is 13.5. The molecule has 35 heavy (non-hydrogen) atoms. The quantitative estimate of drug-likeness (QED) is 0.412. The van der Waals surface area contributed by atoms with Crippen molar-refractivity contribution in [2.75, 3.05) is 0 Å². The molecule has 0 aliphatic rings. The molecule has 10 heteroatoms. The number of amides is 1. The van der Waals surface area contributed by atoms with Crippen molar-refractivity contribution in [1.29, 1.82) is 0 Å². The Morgan fingerprint density at radius 3 is 2.46 bits per heavy atom. The number of nitrogens with zero attached hydrogens (tertiary/aromatic N) is 2. The molecule has 2 heterocycles. The summed E-state index contributed by atoms with van der Waals surface area (Å²) in [5.41, 5.74) is -0.583. The highest BCUT2D eigenvalue weighted by atomic mass is 32.1. The number of nitrogens with one attached hydrogen (secondary N) is 1. The second-order valence-electron chi connectivity index (χ2n) is 8.10. The van der Waals surface area contributed by atoms with Crippen LogP contribution >= 0.6 is 11.3 Å². The first-order valence-electron chi connectivity index (χ1n) is 10.9. The van der Waals surface area contributed by atoms with E-state index in [1.165, 1.54) is 10.6 Å². The van der Waals surface area contributed by atoms with E-state index in [1.54, 1.807) is 18.4 Å². The molecule has 0 aliphatic heterocycles. The molecular weight excluding hydrogens is 479 g/mol. The number of carbonyl (C=O) groups excluding carboxylic acids is 1. The molecule has 0 spiro atoms. The van der Waals surface area contributed by atoms with Gasteiger partial charge >= 0.3 is 11.9 Å². The molecule has 1 N–H and O–H groups in total. The Kier molecular flexibility index (Phi) is 6.66. The van der Waals surface area contributed by atoms with Crippen LogP contribution in [0.25, 0.3) is 15.9 Å². The fourth-order valence-corrected chi connectivity index (χ4v) is 4.71. The van der Waals surface area contributed by atoms with Gasteiger partial charge in [-0.05, 0) is 48.6 Å². The van der Waals surface area contributed by atoms with Gasteiger partial charge in [0.25, 0.3) is 5.56 Å². The van der Waals surface area contributed by atoms with Gasteiger partial charge in [-0.15, -0.1) is 11.3 Å². The fourth-order valence-electron chi connectivity index (χ4n) is 3.90. The van der Waals surface area contributed by atoms with Gasteiger partial charge in [0, 0.05) is 6.54 Å². The van der Waals surface area contributed by atoms with Crippen LogP contribution in [0.15, 0.2) is 69.6 Å². The smallest absolute Gasteiger partial charge is 0.350 e. The monoisotopic (exact) mass is 501 g/mol. The number of hydrogen-bond acceptors (Lipinski definition) is 4. The van der Waals surface area contributed by atoms with Crippen LogP contribution in [0.2, 0.25) is 0 Å². The van der Waals surface area contributed by atoms with Crippen molar-refractivity contribution < 1.29 is 18.0 Å². The zero-order chi connectivity index (χ0) is 25.3. The third-order valence-corrected chi connectivity index (χ3v) is 6.61. The van der Waals surface area contributed by atoms with Gasteiger partial charge in [-0.25, -0.2) is 9.36 Å². The van der Waals surface area contributed by atoms with Crippen molar-refractivity contribution in [2.45, 2.75) is 39.0 Å². The number of halogens is 3. The van der Waals surface area contributed by atoms with Gasteiger partial charge in [-0.3, -0.25) is 14.2 Å². The molecule has 1 atom stereocenters. The molecule has 4 aromatic rings. The van der Waals surface area contributed by atoms with Gasteiger partial charge in [-0.1, -0.05) is 42.8 Å². The number of aryl methyl sites for hydroxylation is 1. The first-order chi connectivity index (χ1) is 16.6. The second-order valence-corrected chi connectivity index (χ2v) is 9.02. The summed E-state index contributed by atoms with van der Waals surface area (Å²) < 4.78 is 41.9. The van der Waals surface area contributed by atoms with Crippen LogP contribution in [0.3, 0.4) is 0 Å². The Morgan fingerprint density at radius 1 is 1.09 bits per heavy atom. The standard InChI is InChI=1S/C25H22F3N3O3S/c1-3-19(22(32)29-14-16-9-7-15(2)8-10-16)31-20-11-12-35-21(20)23(33)30(24(31)34)18-6-4-5-17(13-18)25(26,27)28/h4-13,19H,3,14H2,1-2H3,(H,29,32)/t19-/m0/s1. The van der Waals surface area contributed by atoms with Crippen molar-refractivity contribution in [3.05, 3.63) is 97.5 Å². The Morgan fingerprint density at radius 2 is 1.80 bits per heavy atom. The largest absolute Gasteiger partial charge is 0.416 e. The number of carbonyl (C=O) groups is 1. The van der Waals surface area contributed by atoms with Gasteiger partial charge in [0.15, 0.2) is 0 Å². The van der Waals surface area contributed by atoms with Crippen molar-refractivity contribution in [3.63, 3.8) is 0 Å². The number of alkyl halides is 3. The number of rotatable bonds is 6. The third-order valence-electron chi connectivity index (χ3n) is 5.72. The van der Waals surface area contributed by atoms with E-state index >= 15 is 0 Å². The normalized spacial score (nSPS) is 12.6. The predicted molar refractivity (Wildman–Crippen MR) is 129 cm³/mol. The minimum Gasteiger partial charge on any atom is -0.350 e. The lowest BCUT2D eigenvalue weighted by molar-refractivity contribution is -0.137. The summed E-state index contributed by atoms with van der Waals surface area (Å²) in [7, 11) is 0. The van der Waals surface area contributed by atoms with Crippen LogP contribution in [0.4, 0.5) is 13.2 Å². The number of aromatic nitrogens is 2. The molecule has 2 aromatic heterocycles. The van der Waals surface area contributed by atoms with E-state index in [1.807, 2.05) is 31.2 Å². The molecule has 4 rings (SSSR count). The van der Waals surface area contributed by atoms with Crippen molar-refractivity contribution in [3.8, 4) is 5.69 Å². The van der Waals surface area contributed by atoms with E-state index in [0.29, 0.717) is 4.57 Å². The average molecular weight is 502 g/mol. The summed E-state index contributed by atoms with van der Waals surface area (Å²) in [6.45, 7) is 3.91. The fraction of sp³-hybridized carbons (Fsp3) is 0.240. The maximum Gasteiger partial charge on any atom is 0.416 e. The summed E-state index contributed by atoms with van der Waals surface area (Å²) >= 11 is 1.06. The van der Waals surface area contributed by atoms with Crippen molar-refractivity contribution in [2.24, 2.45) is 0 Å². The minimum atomic E-state index is -4.65. The molecule has 0 unspecified atom stereocenters. The van der Waals surface area contributed by atoms with E-state index in [-0.39, 0.29) is 28.9 Å². The molecule has 0 saturated heterocycles. The molecular formula is C25H22F3N3O3S. The van der Waals surface area contributed by atoms with Crippen LogP contribution in [-0.2, 0) is 17.5 Å². The molecule has 6 nitrogen and oxygen atoms in total. The Labute approximate surface area is 202 Å². The van der Waals surface area contributed by atoms with Crippen molar-refractivity contribution >= 4 is 27.5 Å². The molecule has 0 saturated carbocycles. The molecule has 1 amide bonds. The predicted octanol–water partition coefficient (Wildman–Crippen LogP) is 4.81. The summed E-state index contributed by atoms with van der Waals surface area (Å²) in [5.74, 6) is -0.433. The topological polar surface area (TPSA) is 73.1 Å². The lowest BCUT2D eigenvalue weighted by atomic mass is 10.1. The molecule has 0 radical (unpaired) electrons. The first-order valence-corrected chi connectivity index (χ1v) is 11.8. The summed E-state index contributed by atoms with van der Waals surface area (Å²) in [5, 5.41) is 4.43. The Bertz CT molecular complexity index is 1500. The maximum absolute atomic E-state index is 13.5. The zero-order valence-electron chi connectivity index (χ0n) is 18.9. The number of benzene rings is 2. The lowest BCUT2D eigenvalue weighted by Crippen LogP contribution is -2.44. The van der Waals surface area contributed by atoms with Gasteiger partial charge in [0.1, 0.15) is 10.7 Å². The zero-order valence-corrected chi connectivity index (χ0v) is 19.7. The van der Waals surface area contributed by atoms with Gasteiger partial charge in [-0.2, -0.15) is 13.2 Å². The molecule has 0 aliphatic carbocycles. The number of thiophene rings is 1. The Balaban J connectivity index is 1.81. The van der Waals surface area contributed by atoms with E-state index in [9.17, 15) is 27.6 Å². The average Bonchev–Trinajstić information content (AvgIpc) is 3.31. The van der Waals surface area contributed by atoms with E-state index in [0.717, 1.165) is 40.7 Å².